The quantitative estimate of drug-likeness (QED) is 0.497. The Bertz CT molecular complexity index is 872. The Morgan fingerprint density at radius 3 is 2.69 bits per heavy atom. The Labute approximate surface area is 188 Å². The number of nitrogens with zero attached hydrogens (tertiary/aromatic N) is 2. The molecule has 1 aliphatic carbocycles. The van der Waals surface area contributed by atoms with Gasteiger partial charge in [0.2, 0.25) is 11.8 Å². The van der Waals surface area contributed by atoms with E-state index >= 15 is 0 Å². The third-order valence-corrected chi connectivity index (χ3v) is 6.34. The van der Waals surface area contributed by atoms with E-state index in [1.165, 1.54) is 0 Å². The second-order valence-corrected chi connectivity index (χ2v) is 9.48. The van der Waals surface area contributed by atoms with Crippen molar-refractivity contribution in [2.75, 3.05) is 19.6 Å². The maximum Gasteiger partial charge on any atom is 0.315 e. The first-order valence-corrected chi connectivity index (χ1v) is 11.5. The summed E-state index contributed by atoms with van der Waals surface area (Å²) in [5, 5.41) is 18.6. The summed E-state index contributed by atoms with van der Waals surface area (Å²) in [4.78, 5) is 41.7. The van der Waals surface area contributed by atoms with Crippen LogP contribution < -0.4 is 16.0 Å². The van der Waals surface area contributed by atoms with Crippen molar-refractivity contribution >= 4 is 17.8 Å². The monoisotopic (exact) mass is 443 g/mol. The number of fused-ring (bicyclic) bond motifs is 1. The molecule has 1 aromatic rings. The fourth-order valence-electron chi connectivity index (χ4n) is 4.67. The van der Waals surface area contributed by atoms with Crippen molar-refractivity contribution in [2.45, 2.75) is 63.8 Å². The zero-order chi connectivity index (χ0) is 22.8. The molecule has 0 spiro atoms. The van der Waals surface area contributed by atoms with E-state index in [0.717, 1.165) is 18.4 Å². The highest BCUT2D eigenvalue weighted by Crippen LogP contribution is 2.30. The van der Waals surface area contributed by atoms with E-state index in [1.807, 2.05) is 24.8 Å². The van der Waals surface area contributed by atoms with E-state index in [0.29, 0.717) is 26.1 Å². The normalized spacial score (nSPS) is 25.5. The number of hydrogen-bond acceptors (Lipinski definition) is 5. The Hall–Kier alpha value is -2.81. The standard InChI is InChI=1S/C23H33N5O4/c1-14(2)25-23(32)26-17-9-18-13-27(11-15-4-3-5-19(29)8-15)20(22(31)28(18)12-17)10-24-21(30)16-6-7-16/h3-5,8,14,16-18,20,29H,6-7,9-13H2,1-2H3,(H,24,30)(H2,25,26,32)/t17-,18-,20-/m0/s1. The first-order chi connectivity index (χ1) is 15.3. The first kappa shape index (κ1) is 22.4. The molecule has 9 heteroatoms. The maximum atomic E-state index is 13.4. The molecule has 3 atom stereocenters. The molecular weight excluding hydrogens is 410 g/mol. The summed E-state index contributed by atoms with van der Waals surface area (Å²) in [5.41, 5.74) is 0.911. The second kappa shape index (κ2) is 9.36. The highest BCUT2D eigenvalue weighted by atomic mass is 16.3. The van der Waals surface area contributed by atoms with Crippen molar-refractivity contribution in [2.24, 2.45) is 5.92 Å². The van der Waals surface area contributed by atoms with Crippen LogP contribution in [0.5, 0.6) is 5.75 Å². The molecule has 1 aromatic carbocycles. The SMILES string of the molecule is CC(C)NC(=O)N[C@H]1C[C@H]2CN(Cc3cccc(O)c3)[C@@H](CNC(=O)C3CC3)C(=O)N2C1. The Balaban J connectivity index is 1.46. The van der Waals surface area contributed by atoms with Crippen LogP contribution in [0.15, 0.2) is 24.3 Å². The molecule has 2 aliphatic heterocycles. The number of carbonyl (C=O) groups is 3. The number of phenols is 1. The first-order valence-electron chi connectivity index (χ1n) is 11.5. The minimum absolute atomic E-state index is 0.000423. The molecule has 4 amide bonds. The van der Waals surface area contributed by atoms with E-state index in [1.54, 1.807) is 18.2 Å². The number of amides is 4. The van der Waals surface area contributed by atoms with Crippen molar-refractivity contribution < 1.29 is 19.5 Å². The van der Waals surface area contributed by atoms with E-state index in [2.05, 4.69) is 20.9 Å². The topological polar surface area (TPSA) is 114 Å². The second-order valence-electron chi connectivity index (χ2n) is 9.48. The molecule has 0 radical (unpaired) electrons. The van der Waals surface area contributed by atoms with Gasteiger partial charge in [-0.25, -0.2) is 4.79 Å². The van der Waals surface area contributed by atoms with Crippen molar-refractivity contribution in [3.05, 3.63) is 29.8 Å². The number of carbonyl (C=O) groups excluding carboxylic acids is 3. The van der Waals surface area contributed by atoms with Gasteiger partial charge in [0.1, 0.15) is 11.8 Å². The van der Waals surface area contributed by atoms with Gasteiger partial charge in [-0.1, -0.05) is 12.1 Å². The summed E-state index contributed by atoms with van der Waals surface area (Å²) >= 11 is 0. The van der Waals surface area contributed by atoms with Crippen molar-refractivity contribution in [1.29, 1.82) is 0 Å². The third-order valence-electron chi connectivity index (χ3n) is 6.34. The molecule has 0 unspecified atom stereocenters. The fraction of sp³-hybridized carbons (Fsp3) is 0.609. The summed E-state index contributed by atoms with van der Waals surface area (Å²) in [5.74, 6) is 0.266. The molecule has 9 nitrogen and oxygen atoms in total. The molecule has 2 heterocycles. The summed E-state index contributed by atoms with van der Waals surface area (Å²) in [7, 11) is 0. The van der Waals surface area contributed by atoms with Gasteiger partial charge in [-0.05, 0) is 50.8 Å². The van der Waals surface area contributed by atoms with Crippen molar-refractivity contribution in [3.63, 3.8) is 0 Å². The highest BCUT2D eigenvalue weighted by Gasteiger charge is 2.46. The van der Waals surface area contributed by atoms with Crippen LogP contribution in [-0.4, -0.2) is 76.6 Å². The summed E-state index contributed by atoms with van der Waals surface area (Å²) in [6.07, 6.45) is 2.52. The zero-order valence-electron chi connectivity index (χ0n) is 18.7. The van der Waals surface area contributed by atoms with Crippen LogP contribution in [0.4, 0.5) is 4.79 Å². The molecule has 3 aliphatic rings. The van der Waals surface area contributed by atoms with E-state index in [-0.39, 0.29) is 54.2 Å². The lowest BCUT2D eigenvalue weighted by atomic mass is 10.0. The summed E-state index contributed by atoms with van der Waals surface area (Å²) in [6, 6.07) is 6.27. The molecule has 4 rings (SSSR count). The molecule has 4 N–H and O–H groups in total. The van der Waals surface area contributed by atoms with Gasteiger partial charge in [0.05, 0.1) is 6.04 Å². The fourth-order valence-corrected chi connectivity index (χ4v) is 4.67. The van der Waals surface area contributed by atoms with Gasteiger partial charge in [0.25, 0.3) is 0 Å². The maximum absolute atomic E-state index is 13.4. The van der Waals surface area contributed by atoms with Gasteiger partial charge < -0.3 is 26.0 Å². The largest absolute Gasteiger partial charge is 0.508 e. The van der Waals surface area contributed by atoms with Crippen molar-refractivity contribution in [3.8, 4) is 5.75 Å². The van der Waals surface area contributed by atoms with Gasteiger partial charge in [-0.2, -0.15) is 0 Å². The zero-order valence-corrected chi connectivity index (χ0v) is 18.7. The minimum atomic E-state index is -0.473. The van der Waals surface area contributed by atoms with Gasteiger partial charge in [-0.15, -0.1) is 0 Å². The molecule has 0 bridgehead atoms. The molecule has 3 fully saturated rings. The van der Waals surface area contributed by atoms with Crippen LogP contribution in [0.2, 0.25) is 0 Å². The Morgan fingerprint density at radius 1 is 1.22 bits per heavy atom. The van der Waals surface area contributed by atoms with Gasteiger partial charge in [0.15, 0.2) is 0 Å². The smallest absolute Gasteiger partial charge is 0.315 e. The van der Waals surface area contributed by atoms with Crippen LogP contribution >= 0.6 is 0 Å². The van der Waals surface area contributed by atoms with Crippen LogP contribution in [-0.2, 0) is 16.1 Å². The number of nitrogens with one attached hydrogen (secondary N) is 3. The number of phenolic OH excluding ortho intramolecular Hbond substituents is 1. The number of hydrogen-bond donors (Lipinski definition) is 4. The number of urea groups is 1. The lowest BCUT2D eigenvalue weighted by molar-refractivity contribution is -0.144. The average Bonchev–Trinajstić information content (AvgIpc) is 3.48. The molecule has 1 saturated carbocycles. The van der Waals surface area contributed by atoms with Crippen LogP contribution in [0, 0.1) is 5.92 Å². The lowest BCUT2D eigenvalue weighted by Gasteiger charge is -2.42. The Morgan fingerprint density at radius 2 is 2.00 bits per heavy atom. The van der Waals surface area contributed by atoms with E-state index < -0.39 is 6.04 Å². The summed E-state index contributed by atoms with van der Waals surface area (Å²) < 4.78 is 0. The number of aromatic hydroxyl groups is 1. The number of rotatable bonds is 7. The van der Waals surface area contributed by atoms with Crippen LogP contribution in [0.1, 0.15) is 38.7 Å². The van der Waals surface area contributed by atoms with Gasteiger partial charge >= 0.3 is 6.03 Å². The lowest BCUT2D eigenvalue weighted by Crippen LogP contribution is -2.62. The highest BCUT2D eigenvalue weighted by molar-refractivity contribution is 5.86. The molecule has 2 saturated heterocycles. The summed E-state index contributed by atoms with van der Waals surface area (Å²) in [6.45, 7) is 5.70. The van der Waals surface area contributed by atoms with Gasteiger partial charge in [-0.3, -0.25) is 14.5 Å². The Kier molecular flexibility index (Phi) is 6.55. The third kappa shape index (κ3) is 5.32. The predicted octanol–water partition coefficient (Wildman–Crippen LogP) is 0.780. The van der Waals surface area contributed by atoms with Crippen molar-refractivity contribution in [1.82, 2.24) is 25.8 Å². The molecule has 0 aromatic heterocycles. The molecular formula is C23H33N5O4. The van der Waals surface area contributed by atoms with Gasteiger partial charge in [0, 0.05) is 44.2 Å². The van der Waals surface area contributed by atoms with E-state index in [4.69, 9.17) is 0 Å². The van der Waals surface area contributed by atoms with Crippen LogP contribution in [0.25, 0.3) is 0 Å². The molecule has 32 heavy (non-hydrogen) atoms. The molecule has 174 valence electrons. The average molecular weight is 444 g/mol. The van der Waals surface area contributed by atoms with Crippen LogP contribution in [0.3, 0.4) is 0 Å². The number of benzene rings is 1. The van der Waals surface area contributed by atoms with E-state index in [9.17, 15) is 19.5 Å². The predicted molar refractivity (Wildman–Crippen MR) is 119 cm³/mol. The number of piperazine rings is 1. The minimum Gasteiger partial charge on any atom is -0.508 e.